The van der Waals surface area contributed by atoms with Crippen molar-refractivity contribution in [3.8, 4) is 16.9 Å². The van der Waals surface area contributed by atoms with Crippen molar-refractivity contribution in [2.45, 2.75) is 26.7 Å². The van der Waals surface area contributed by atoms with E-state index in [2.05, 4.69) is 5.32 Å². The predicted octanol–water partition coefficient (Wildman–Crippen LogP) is 5.57. The van der Waals surface area contributed by atoms with Crippen molar-refractivity contribution in [1.82, 2.24) is 5.32 Å². The van der Waals surface area contributed by atoms with Crippen molar-refractivity contribution < 1.29 is 23.1 Å². The second kappa shape index (κ2) is 9.34. The van der Waals surface area contributed by atoms with E-state index in [1.54, 1.807) is 49.6 Å². The number of phenols is 1. The number of carbonyl (C=O) groups excluding carboxylic acids is 1. The first-order chi connectivity index (χ1) is 17.3. The fraction of sp³-hybridized carbons (Fsp3) is 0.172. The Morgan fingerprint density at radius 2 is 1.69 bits per heavy atom. The first kappa shape index (κ1) is 23.4. The summed E-state index contributed by atoms with van der Waals surface area (Å²) in [6, 6.07) is 14.8. The van der Waals surface area contributed by atoms with Gasteiger partial charge in [0.2, 0.25) is 5.91 Å². The molecule has 2 aromatic heterocycles. The average Bonchev–Trinajstić information content (AvgIpc) is 3.29. The lowest BCUT2D eigenvalue weighted by atomic mass is 9.97. The van der Waals surface area contributed by atoms with E-state index in [9.17, 15) is 19.1 Å². The smallest absolute Gasteiger partial charge is 0.340 e. The Hall–Kier alpha value is -4.39. The number of fused-ring (bicyclic) bond motifs is 2. The molecule has 0 atom stereocenters. The van der Waals surface area contributed by atoms with E-state index in [4.69, 9.17) is 8.83 Å². The number of phenolic OH excluding ortho intramolecular Hbond substituents is 1. The molecule has 0 fully saturated rings. The molecule has 36 heavy (non-hydrogen) atoms. The van der Waals surface area contributed by atoms with Crippen LogP contribution in [0.4, 0.5) is 4.39 Å². The van der Waals surface area contributed by atoms with Crippen molar-refractivity contribution in [3.63, 3.8) is 0 Å². The molecule has 0 aliphatic heterocycles. The molecule has 0 spiro atoms. The number of hydrogen-bond acceptors (Lipinski definition) is 5. The number of furan rings is 1. The zero-order chi connectivity index (χ0) is 25.4. The highest BCUT2D eigenvalue weighted by atomic mass is 19.1. The standard InChI is InChI=1S/C29H24FNO5/c1-16-22-13-24-25(19-5-7-20(30)8-6-19)15-35-27(24)17(2)28(22)36-29(34)23(16)14-26(33)31-12-11-18-3-9-21(32)10-4-18/h3-10,13,15,32H,11-12,14H2,1-2H3,(H,31,33). The number of aryl methyl sites for hydroxylation is 2. The predicted molar refractivity (Wildman–Crippen MR) is 136 cm³/mol. The van der Waals surface area contributed by atoms with Gasteiger partial charge in [-0.2, -0.15) is 0 Å². The lowest BCUT2D eigenvalue weighted by molar-refractivity contribution is -0.120. The maximum absolute atomic E-state index is 13.4. The van der Waals surface area contributed by atoms with E-state index >= 15 is 0 Å². The largest absolute Gasteiger partial charge is 0.508 e. The fourth-order valence-electron chi connectivity index (χ4n) is 4.49. The normalized spacial score (nSPS) is 11.3. The molecular weight excluding hydrogens is 461 g/mol. The van der Waals surface area contributed by atoms with Crippen molar-refractivity contribution in [3.05, 3.63) is 99.4 Å². The molecule has 5 aromatic rings. The molecule has 0 saturated carbocycles. The van der Waals surface area contributed by atoms with Gasteiger partial charge in [0.15, 0.2) is 0 Å². The summed E-state index contributed by atoms with van der Waals surface area (Å²) < 4.78 is 24.9. The molecule has 182 valence electrons. The lowest BCUT2D eigenvalue weighted by Gasteiger charge is -2.11. The summed E-state index contributed by atoms with van der Waals surface area (Å²) >= 11 is 0. The van der Waals surface area contributed by atoms with Gasteiger partial charge in [-0.1, -0.05) is 24.3 Å². The van der Waals surface area contributed by atoms with E-state index in [0.717, 1.165) is 27.5 Å². The third-order valence-corrected chi connectivity index (χ3v) is 6.51. The third kappa shape index (κ3) is 4.35. The number of hydrogen-bond donors (Lipinski definition) is 2. The zero-order valence-corrected chi connectivity index (χ0v) is 19.9. The molecule has 3 aromatic carbocycles. The van der Waals surface area contributed by atoms with E-state index in [-0.39, 0.29) is 23.9 Å². The number of nitrogens with one attached hydrogen (secondary N) is 1. The van der Waals surface area contributed by atoms with Gasteiger partial charge in [-0.3, -0.25) is 4.79 Å². The molecule has 1 amide bonds. The van der Waals surface area contributed by atoms with Gasteiger partial charge in [0.05, 0.1) is 18.2 Å². The minimum absolute atomic E-state index is 0.104. The van der Waals surface area contributed by atoms with Crippen LogP contribution in [-0.4, -0.2) is 17.6 Å². The first-order valence-electron chi connectivity index (χ1n) is 11.6. The maximum atomic E-state index is 13.4. The van der Waals surface area contributed by atoms with Crippen LogP contribution in [-0.2, 0) is 17.6 Å². The van der Waals surface area contributed by atoms with Crippen LogP contribution in [0.25, 0.3) is 33.1 Å². The van der Waals surface area contributed by atoms with Crippen LogP contribution in [0.1, 0.15) is 22.3 Å². The topological polar surface area (TPSA) is 92.7 Å². The Kier molecular flexibility index (Phi) is 6.06. The number of rotatable bonds is 6. The summed E-state index contributed by atoms with van der Waals surface area (Å²) in [5, 5.41) is 13.8. The summed E-state index contributed by atoms with van der Waals surface area (Å²) in [6.07, 6.45) is 2.10. The first-order valence-corrected chi connectivity index (χ1v) is 11.6. The molecule has 0 aliphatic rings. The second-order valence-electron chi connectivity index (χ2n) is 8.85. The van der Waals surface area contributed by atoms with Crippen LogP contribution in [0, 0.1) is 19.7 Å². The summed E-state index contributed by atoms with van der Waals surface area (Å²) in [5.74, 6) is -0.414. The Labute approximate surface area is 206 Å². The summed E-state index contributed by atoms with van der Waals surface area (Å²) in [4.78, 5) is 25.5. The zero-order valence-electron chi connectivity index (χ0n) is 19.9. The number of aromatic hydroxyl groups is 1. The lowest BCUT2D eigenvalue weighted by Crippen LogP contribution is -2.29. The Balaban J connectivity index is 1.45. The Morgan fingerprint density at radius 1 is 0.972 bits per heavy atom. The molecule has 7 heteroatoms. The van der Waals surface area contributed by atoms with Crippen LogP contribution in [0.5, 0.6) is 5.75 Å². The van der Waals surface area contributed by atoms with E-state index in [0.29, 0.717) is 40.8 Å². The monoisotopic (exact) mass is 485 g/mol. The van der Waals surface area contributed by atoms with E-state index < -0.39 is 5.63 Å². The summed E-state index contributed by atoms with van der Waals surface area (Å²) in [5.41, 5.74) is 4.69. The van der Waals surface area contributed by atoms with Crippen LogP contribution >= 0.6 is 0 Å². The Morgan fingerprint density at radius 3 is 2.42 bits per heavy atom. The van der Waals surface area contributed by atoms with Gasteiger partial charge in [0.1, 0.15) is 22.7 Å². The van der Waals surface area contributed by atoms with E-state index in [1.807, 2.05) is 13.0 Å². The van der Waals surface area contributed by atoms with Crippen LogP contribution in [0.2, 0.25) is 0 Å². The number of amides is 1. The second-order valence-corrected chi connectivity index (χ2v) is 8.85. The van der Waals surface area contributed by atoms with Crippen LogP contribution < -0.4 is 10.9 Å². The van der Waals surface area contributed by atoms with Gasteiger partial charge in [-0.25, -0.2) is 9.18 Å². The molecule has 6 nitrogen and oxygen atoms in total. The highest BCUT2D eigenvalue weighted by molar-refractivity contribution is 6.05. The van der Waals surface area contributed by atoms with Crippen molar-refractivity contribution in [2.75, 3.05) is 6.54 Å². The molecular formula is C29H24FNO5. The van der Waals surface area contributed by atoms with Crippen LogP contribution in [0.15, 0.2) is 74.5 Å². The van der Waals surface area contributed by atoms with Gasteiger partial charge in [0.25, 0.3) is 0 Å². The molecule has 2 N–H and O–H groups in total. The fourth-order valence-corrected chi connectivity index (χ4v) is 4.49. The van der Waals surface area contributed by atoms with Crippen molar-refractivity contribution in [1.29, 1.82) is 0 Å². The Bertz CT molecular complexity index is 1650. The molecule has 5 rings (SSSR count). The summed E-state index contributed by atoms with van der Waals surface area (Å²) in [7, 11) is 0. The summed E-state index contributed by atoms with van der Waals surface area (Å²) in [6.45, 7) is 4.03. The van der Waals surface area contributed by atoms with Gasteiger partial charge < -0.3 is 19.3 Å². The third-order valence-electron chi connectivity index (χ3n) is 6.51. The van der Waals surface area contributed by atoms with Crippen LogP contribution in [0.3, 0.4) is 0 Å². The quantitative estimate of drug-likeness (QED) is 0.307. The minimum Gasteiger partial charge on any atom is -0.508 e. The maximum Gasteiger partial charge on any atom is 0.340 e. The minimum atomic E-state index is -0.554. The average molecular weight is 486 g/mol. The molecule has 0 saturated heterocycles. The molecule has 0 bridgehead atoms. The van der Waals surface area contributed by atoms with Gasteiger partial charge in [-0.15, -0.1) is 0 Å². The molecule has 2 heterocycles. The molecule has 0 radical (unpaired) electrons. The van der Waals surface area contributed by atoms with Gasteiger partial charge in [0, 0.05) is 28.4 Å². The van der Waals surface area contributed by atoms with E-state index in [1.165, 1.54) is 12.1 Å². The highest BCUT2D eigenvalue weighted by Crippen LogP contribution is 2.37. The molecule has 0 unspecified atom stereocenters. The number of benzene rings is 3. The highest BCUT2D eigenvalue weighted by Gasteiger charge is 2.20. The van der Waals surface area contributed by atoms with Gasteiger partial charge in [-0.05, 0) is 67.3 Å². The SMILES string of the molecule is Cc1c(CC(=O)NCCc2ccc(O)cc2)c(=O)oc2c(C)c3occ(-c4ccc(F)cc4)c3cc12. The van der Waals surface area contributed by atoms with Gasteiger partial charge >= 0.3 is 5.63 Å². The molecule has 0 aliphatic carbocycles. The van der Waals surface area contributed by atoms with Crippen molar-refractivity contribution >= 4 is 27.8 Å². The van der Waals surface area contributed by atoms with Crippen molar-refractivity contribution in [2.24, 2.45) is 0 Å². The number of carbonyl (C=O) groups is 1. The number of halogens is 1.